The van der Waals surface area contributed by atoms with Crippen LogP contribution in [0.25, 0.3) is 6.08 Å². The number of hydrogen-bond donors (Lipinski definition) is 2. The number of rotatable bonds is 9. The van der Waals surface area contributed by atoms with Crippen LogP contribution in [0.2, 0.25) is 0 Å². The second-order valence-electron chi connectivity index (χ2n) is 5.53. The average molecular weight is 334 g/mol. The Balaban J connectivity index is 2.71. The van der Waals surface area contributed by atoms with Crippen LogP contribution in [0.3, 0.4) is 0 Å². The summed E-state index contributed by atoms with van der Waals surface area (Å²) in [4.78, 5) is 23.5. The number of hydrogen-bond acceptors (Lipinski definition) is 4. The molecule has 0 aliphatic heterocycles. The van der Waals surface area contributed by atoms with Crippen LogP contribution in [0.15, 0.2) is 24.3 Å². The summed E-state index contributed by atoms with van der Waals surface area (Å²) in [6, 6.07) is 4.71. The number of carbonyl (C=O) groups excluding carboxylic acids is 2. The molecule has 0 fully saturated rings. The van der Waals surface area contributed by atoms with Crippen molar-refractivity contribution in [1.82, 2.24) is 5.32 Å². The zero-order chi connectivity index (χ0) is 18.1. The Morgan fingerprint density at radius 1 is 1.33 bits per heavy atom. The molecule has 6 heteroatoms. The van der Waals surface area contributed by atoms with Crippen LogP contribution in [-0.2, 0) is 9.59 Å². The molecule has 0 unspecified atom stereocenters. The third kappa shape index (κ3) is 5.61. The van der Waals surface area contributed by atoms with Gasteiger partial charge in [-0.05, 0) is 30.5 Å². The second-order valence-corrected chi connectivity index (χ2v) is 5.53. The summed E-state index contributed by atoms with van der Waals surface area (Å²) in [5.74, 6) is -0.00221. The molecule has 0 aliphatic rings. The fourth-order valence-corrected chi connectivity index (χ4v) is 2.19. The number of nitrogens with two attached hydrogens (primary N) is 1. The Morgan fingerprint density at radius 2 is 2.04 bits per heavy atom. The van der Waals surface area contributed by atoms with Crippen LogP contribution >= 0.6 is 0 Å². The molecule has 0 aromatic heterocycles. The van der Waals surface area contributed by atoms with Gasteiger partial charge >= 0.3 is 0 Å². The number of methoxy groups -OCH3 is 1. The van der Waals surface area contributed by atoms with Crippen molar-refractivity contribution in [3.05, 3.63) is 29.8 Å². The van der Waals surface area contributed by atoms with Gasteiger partial charge in [-0.25, -0.2) is 0 Å². The number of benzene rings is 1. The molecule has 0 bridgehead atoms. The Hall–Kier alpha value is -2.50. The van der Waals surface area contributed by atoms with E-state index in [4.69, 9.17) is 15.2 Å². The summed E-state index contributed by atoms with van der Waals surface area (Å²) in [5.41, 5.74) is 6.31. The second kappa shape index (κ2) is 9.60. The highest BCUT2D eigenvalue weighted by atomic mass is 16.5. The first-order valence-corrected chi connectivity index (χ1v) is 7.95. The van der Waals surface area contributed by atoms with Crippen molar-refractivity contribution in [2.45, 2.75) is 33.2 Å². The van der Waals surface area contributed by atoms with E-state index < -0.39 is 17.9 Å². The predicted molar refractivity (Wildman–Crippen MR) is 93.8 cm³/mol. The van der Waals surface area contributed by atoms with Gasteiger partial charge in [0, 0.05) is 0 Å². The fourth-order valence-electron chi connectivity index (χ4n) is 2.19. The Labute approximate surface area is 143 Å². The third-order valence-electron chi connectivity index (χ3n) is 3.74. The number of carbonyl (C=O) groups is 2. The molecule has 2 amide bonds. The topological polar surface area (TPSA) is 90.6 Å². The number of allylic oxidation sites excluding steroid dienone is 1. The molecular weight excluding hydrogens is 308 g/mol. The maximum absolute atomic E-state index is 12.0. The van der Waals surface area contributed by atoms with Gasteiger partial charge < -0.3 is 20.5 Å². The summed E-state index contributed by atoms with van der Waals surface area (Å²) in [7, 11) is 1.54. The molecule has 2 atom stereocenters. The van der Waals surface area contributed by atoms with Gasteiger partial charge in [0.2, 0.25) is 5.91 Å². The van der Waals surface area contributed by atoms with E-state index in [2.05, 4.69) is 5.32 Å². The first kappa shape index (κ1) is 19.5. The van der Waals surface area contributed by atoms with E-state index >= 15 is 0 Å². The van der Waals surface area contributed by atoms with Crippen molar-refractivity contribution >= 4 is 17.9 Å². The number of amides is 2. The fraction of sp³-hybridized carbons (Fsp3) is 0.444. The van der Waals surface area contributed by atoms with E-state index in [1.165, 1.54) is 7.11 Å². The highest BCUT2D eigenvalue weighted by Gasteiger charge is 2.23. The number of ether oxygens (including phenoxy) is 2. The summed E-state index contributed by atoms with van der Waals surface area (Å²) in [6.07, 6.45) is 4.58. The SMILES string of the molecule is C/C=C\c1ccc(OCC(=O)N[C@H](C(N)=O)[C@H](C)CC)c(OC)c1. The van der Waals surface area contributed by atoms with E-state index in [-0.39, 0.29) is 12.5 Å². The summed E-state index contributed by atoms with van der Waals surface area (Å²) >= 11 is 0. The monoisotopic (exact) mass is 334 g/mol. The molecule has 0 spiro atoms. The molecule has 0 heterocycles. The van der Waals surface area contributed by atoms with Crippen LogP contribution < -0.4 is 20.5 Å². The first-order valence-electron chi connectivity index (χ1n) is 7.95. The van der Waals surface area contributed by atoms with Gasteiger partial charge in [0.15, 0.2) is 18.1 Å². The van der Waals surface area contributed by atoms with Gasteiger partial charge in [0.25, 0.3) is 5.91 Å². The molecule has 0 saturated carbocycles. The lowest BCUT2D eigenvalue weighted by atomic mass is 9.99. The lowest BCUT2D eigenvalue weighted by Crippen LogP contribution is -2.49. The molecule has 0 saturated heterocycles. The van der Waals surface area contributed by atoms with Crippen molar-refractivity contribution in [1.29, 1.82) is 0 Å². The molecule has 6 nitrogen and oxygen atoms in total. The summed E-state index contributed by atoms with van der Waals surface area (Å²) < 4.78 is 10.8. The summed E-state index contributed by atoms with van der Waals surface area (Å²) in [6.45, 7) is 5.49. The van der Waals surface area contributed by atoms with E-state index in [1.807, 2.05) is 45.1 Å². The largest absolute Gasteiger partial charge is 0.493 e. The highest BCUT2D eigenvalue weighted by Crippen LogP contribution is 2.28. The Morgan fingerprint density at radius 3 is 2.58 bits per heavy atom. The highest BCUT2D eigenvalue weighted by molar-refractivity contribution is 5.87. The molecule has 1 rings (SSSR count). The zero-order valence-electron chi connectivity index (χ0n) is 14.7. The van der Waals surface area contributed by atoms with Crippen molar-refractivity contribution in [2.75, 3.05) is 13.7 Å². The van der Waals surface area contributed by atoms with Gasteiger partial charge in [-0.3, -0.25) is 9.59 Å². The predicted octanol–water partition coefficient (Wildman–Crippen LogP) is 2.12. The lowest BCUT2D eigenvalue weighted by molar-refractivity contribution is -0.129. The standard InChI is InChI=1S/C18H26N2O4/c1-5-7-13-8-9-14(15(10-13)23-4)24-11-16(21)20-17(18(19)22)12(3)6-2/h5,7-10,12,17H,6,11H2,1-4H3,(H2,19,22)(H,20,21)/b7-5-/t12-,17+/m1/s1. The Kier molecular flexibility index (Phi) is 7.82. The molecule has 3 N–H and O–H groups in total. The molecule has 1 aromatic rings. The van der Waals surface area contributed by atoms with Crippen LogP contribution in [0, 0.1) is 5.92 Å². The molecule has 0 radical (unpaired) electrons. The minimum Gasteiger partial charge on any atom is -0.493 e. The quantitative estimate of drug-likeness (QED) is 0.724. The van der Waals surface area contributed by atoms with Crippen molar-refractivity contribution in [3.63, 3.8) is 0 Å². The molecule has 1 aromatic carbocycles. The average Bonchev–Trinajstić information content (AvgIpc) is 2.57. The molecule has 24 heavy (non-hydrogen) atoms. The minimum atomic E-state index is -0.704. The van der Waals surface area contributed by atoms with Crippen LogP contribution in [0.1, 0.15) is 32.8 Å². The van der Waals surface area contributed by atoms with Crippen molar-refractivity contribution in [2.24, 2.45) is 11.7 Å². The third-order valence-corrected chi connectivity index (χ3v) is 3.74. The normalized spacial score (nSPS) is 13.3. The molecule has 132 valence electrons. The van der Waals surface area contributed by atoms with E-state index in [0.717, 1.165) is 12.0 Å². The van der Waals surface area contributed by atoms with Gasteiger partial charge in [-0.15, -0.1) is 0 Å². The van der Waals surface area contributed by atoms with E-state index in [0.29, 0.717) is 11.5 Å². The summed E-state index contributed by atoms with van der Waals surface area (Å²) in [5, 5.41) is 2.62. The minimum absolute atomic E-state index is 0.0406. The van der Waals surface area contributed by atoms with Crippen molar-refractivity contribution in [3.8, 4) is 11.5 Å². The molecule has 0 aliphatic carbocycles. The van der Waals surface area contributed by atoms with E-state index in [1.54, 1.807) is 6.07 Å². The van der Waals surface area contributed by atoms with Crippen LogP contribution in [0.5, 0.6) is 11.5 Å². The van der Waals surface area contributed by atoms with Gasteiger partial charge in [-0.1, -0.05) is 38.5 Å². The van der Waals surface area contributed by atoms with Crippen molar-refractivity contribution < 1.29 is 19.1 Å². The first-order chi connectivity index (χ1) is 11.4. The van der Waals surface area contributed by atoms with Gasteiger partial charge in [-0.2, -0.15) is 0 Å². The van der Waals surface area contributed by atoms with Gasteiger partial charge in [0.05, 0.1) is 7.11 Å². The number of nitrogens with one attached hydrogen (secondary N) is 1. The number of primary amides is 1. The van der Waals surface area contributed by atoms with E-state index in [9.17, 15) is 9.59 Å². The smallest absolute Gasteiger partial charge is 0.258 e. The van der Waals surface area contributed by atoms with Crippen LogP contribution in [-0.4, -0.2) is 31.6 Å². The molecular formula is C18H26N2O4. The zero-order valence-corrected chi connectivity index (χ0v) is 14.7. The Bertz CT molecular complexity index is 599. The van der Waals surface area contributed by atoms with Crippen LogP contribution in [0.4, 0.5) is 0 Å². The lowest BCUT2D eigenvalue weighted by Gasteiger charge is -2.21. The van der Waals surface area contributed by atoms with Gasteiger partial charge in [0.1, 0.15) is 6.04 Å². The maximum atomic E-state index is 12.0. The maximum Gasteiger partial charge on any atom is 0.258 e.